The highest BCUT2D eigenvalue weighted by Crippen LogP contribution is 2.33. The molecule has 0 aromatic heterocycles. The summed E-state index contributed by atoms with van der Waals surface area (Å²) in [5.41, 5.74) is 1.19. The molecule has 1 aromatic carbocycles. The SMILES string of the molecule is COc1cc(OC)c(CN2CCN(C)CC2)cc1Br.O=C(O)C(=O)O. The standard InChI is InChI=1S/C14H21BrN2O2.C2H2O4/c1-16-4-6-17(7-5-16)10-11-8-12(15)14(19-3)9-13(11)18-2;3-1(4)2(5)6/h8-9H,4-7,10H2,1-3H3;(H,3,4)(H,5,6). The minimum absolute atomic E-state index is 0.805. The molecule has 1 aliphatic rings. The van der Waals surface area contributed by atoms with Crippen LogP contribution in [0.5, 0.6) is 11.5 Å². The highest BCUT2D eigenvalue weighted by molar-refractivity contribution is 9.10. The third-order valence-electron chi connectivity index (χ3n) is 3.73. The molecule has 0 spiro atoms. The summed E-state index contributed by atoms with van der Waals surface area (Å²) < 4.78 is 11.7. The number of likely N-dealkylation sites (N-methyl/N-ethyl adjacent to an activating group) is 1. The van der Waals surface area contributed by atoms with E-state index in [0.717, 1.165) is 48.7 Å². The monoisotopic (exact) mass is 418 g/mol. The average Bonchev–Trinajstić information content (AvgIpc) is 2.57. The number of nitrogens with zero attached hydrogens (tertiary/aromatic N) is 2. The molecule has 9 heteroatoms. The van der Waals surface area contributed by atoms with Gasteiger partial charge in [-0.3, -0.25) is 4.90 Å². The summed E-state index contributed by atoms with van der Waals surface area (Å²) in [5, 5.41) is 14.8. The number of halogens is 1. The molecule has 1 aliphatic heterocycles. The van der Waals surface area contributed by atoms with E-state index in [1.807, 2.05) is 6.07 Å². The lowest BCUT2D eigenvalue weighted by atomic mass is 10.1. The van der Waals surface area contributed by atoms with Crippen LogP contribution in [0.1, 0.15) is 5.56 Å². The lowest BCUT2D eigenvalue weighted by Gasteiger charge is -2.32. The second-order valence-electron chi connectivity index (χ2n) is 5.49. The first-order valence-electron chi connectivity index (χ1n) is 7.56. The van der Waals surface area contributed by atoms with Crippen LogP contribution < -0.4 is 9.47 Å². The molecule has 1 fully saturated rings. The third-order valence-corrected chi connectivity index (χ3v) is 4.35. The lowest BCUT2D eigenvalue weighted by molar-refractivity contribution is -0.159. The van der Waals surface area contributed by atoms with Gasteiger partial charge >= 0.3 is 11.9 Å². The predicted octanol–water partition coefficient (Wildman–Crippen LogP) is 1.37. The van der Waals surface area contributed by atoms with Gasteiger partial charge in [0.05, 0.1) is 18.7 Å². The van der Waals surface area contributed by atoms with Crippen molar-refractivity contribution in [3.63, 3.8) is 0 Å². The minimum Gasteiger partial charge on any atom is -0.496 e. The second-order valence-corrected chi connectivity index (χ2v) is 6.34. The molecule has 25 heavy (non-hydrogen) atoms. The number of hydrogen-bond acceptors (Lipinski definition) is 6. The lowest BCUT2D eigenvalue weighted by Crippen LogP contribution is -2.43. The Kier molecular flexibility index (Phi) is 8.67. The van der Waals surface area contributed by atoms with Gasteiger partial charge in [-0.05, 0) is 29.0 Å². The van der Waals surface area contributed by atoms with E-state index >= 15 is 0 Å². The van der Waals surface area contributed by atoms with Gasteiger partial charge in [0.1, 0.15) is 11.5 Å². The predicted molar refractivity (Wildman–Crippen MR) is 95.3 cm³/mol. The van der Waals surface area contributed by atoms with Gasteiger partial charge in [-0.25, -0.2) is 9.59 Å². The van der Waals surface area contributed by atoms with E-state index in [1.54, 1.807) is 14.2 Å². The number of carbonyl (C=O) groups is 2. The van der Waals surface area contributed by atoms with Gasteiger partial charge in [0.15, 0.2) is 0 Å². The minimum atomic E-state index is -1.82. The number of hydrogen-bond donors (Lipinski definition) is 2. The van der Waals surface area contributed by atoms with Gasteiger partial charge < -0.3 is 24.6 Å². The fraction of sp³-hybridized carbons (Fsp3) is 0.500. The normalized spacial score (nSPS) is 15.0. The van der Waals surface area contributed by atoms with E-state index < -0.39 is 11.9 Å². The summed E-state index contributed by atoms with van der Waals surface area (Å²) in [7, 11) is 5.54. The number of aliphatic carboxylic acids is 2. The van der Waals surface area contributed by atoms with Crippen molar-refractivity contribution >= 4 is 27.9 Å². The fourth-order valence-corrected chi connectivity index (χ4v) is 2.85. The zero-order chi connectivity index (χ0) is 19.0. The van der Waals surface area contributed by atoms with Crippen LogP contribution in [0, 0.1) is 0 Å². The zero-order valence-electron chi connectivity index (χ0n) is 14.5. The van der Waals surface area contributed by atoms with Crippen molar-refractivity contribution < 1.29 is 29.3 Å². The topological polar surface area (TPSA) is 99.5 Å². The molecule has 1 saturated heterocycles. The van der Waals surface area contributed by atoms with Crippen molar-refractivity contribution in [1.29, 1.82) is 0 Å². The van der Waals surface area contributed by atoms with Crippen molar-refractivity contribution in [3.8, 4) is 11.5 Å². The van der Waals surface area contributed by atoms with Crippen LogP contribution in [0.25, 0.3) is 0 Å². The molecule has 8 nitrogen and oxygen atoms in total. The van der Waals surface area contributed by atoms with Crippen molar-refractivity contribution in [2.75, 3.05) is 47.4 Å². The Morgan fingerprint density at radius 2 is 1.56 bits per heavy atom. The Bertz CT molecular complexity index is 591. The Balaban J connectivity index is 0.000000450. The van der Waals surface area contributed by atoms with Crippen molar-refractivity contribution in [3.05, 3.63) is 22.2 Å². The summed E-state index contributed by atoms with van der Waals surface area (Å²) in [6.07, 6.45) is 0. The molecule has 0 unspecified atom stereocenters. The van der Waals surface area contributed by atoms with E-state index in [9.17, 15) is 0 Å². The summed E-state index contributed by atoms with van der Waals surface area (Å²) in [6, 6.07) is 4.03. The first kappa shape index (κ1) is 21.2. The molecule has 0 amide bonds. The molecule has 1 heterocycles. The zero-order valence-corrected chi connectivity index (χ0v) is 16.1. The third kappa shape index (κ3) is 6.89. The van der Waals surface area contributed by atoms with Crippen molar-refractivity contribution in [2.45, 2.75) is 6.54 Å². The average molecular weight is 419 g/mol. The number of benzene rings is 1. The van der Waals surface area contributed by atoms with E-state index in [1.165, 1.54) is 5.56 Å². The molecule has 1 aromatic rings. The van der Waals surface area contributed by atoms with Crippen LogP contribution in [-0.2, 0) is 16.1 Å². The number of carboxylic acid groups (broad SMARTS) is 2. The number of rotatable bonds is 4. The summed E-state index contributed by atoms with van der Waals surface area (Å²) in [6.45, 7) is 5.37. The number of methoxy groups -OCH3 is 2. The maximum absolute atomic E-state index is 9.10. The van der Waals surface area contributed by atoms with Crippen LogP contribution >= 0.6 is 15.9 Å². The largest absolute Gasteiger partial charge is 0.496 e. The van der Waals surface area contributed by atoms with Crippen molar-refractivity contribution in [1.82, 2.24) is 9.80 Å². The second kappa shape index (κ2) is 10.2. The van der Waals surface area contributed by atoms with Crippen LogP contribution in [0.15, 0.2) is 16.6 Å². The molecule has 2 N–H and O–H groups in total. The Labute approximate surface area is 155 Å². The summed E-state index contributed by atoms with van der Waals surface area (Å²) in [5.74, 6) is -1.96. The van der Waals surface area contributed by atoms with Crippen LogP contribution in [0.2, 0.25) is 0 Å². The quantitative estimate of drug-likeness (QED) is 0.707. The van der Waals surface area contributed by atoms with E-state index in [2.05, 4.69) is 38.8 Å². The van der Waals surface area contributed by atoms with Crippen LogP contribution in [0.4, 0.5) is 0 Å². The Morgan fingerprint density at radius 3 is 2.00 bits per heavy atom. The van der Waals surface area contributed by atoms with Gasteiger partial charge in [-0.1, -0.05) is 0 Å². The summed E-state index contributed by atoms with van der Waals surface area (Å²) >= 11 is 3.54. The first-order valence-corrected chi connectivity index (χ1v) is 8.35. The van der Waals surface area contributed by atoms with Gasteiger partial charge in [-0.15, -0.1) is 0 Å². The van der Waals surface area contributed by atoms with Crippen molar-refractivity contribution in [2.24, 2.45) is 0 Å². The van der Waals surface area contributed by atoms with Gasteiger partial charge in [0, 0.05) is 44.4 Å². The molecule has 140 valence electrons. The van der Waals surface area contributed by atoms with E-state index in [-0.39, 0.29) is 0 Å². The van der Waals surface area contributed by atoms with Gasteiger partial charge in [0.2, 0.25) is 0 Å². The molecule has 0 bridgehead atoms. The van der Waals surface area contributed by atoms with Crippen LogP contribution in [0.3, 0.4) is 0 Å². The molecule has 0 radical (unpaired) electrons. The van der Waals surface area contributed by atoms with E-state index in [0.29, 0.717) is 0 Å². The fourth-order valence-electron chi connectivity index (χ4n) is 2.29. The Hall–Kier alpha value is -1.84. The maximum atomic E-state index is 9.10. The maximum Gasteiger partial charge on any atom is 0.414 e. The van der Waals surface area contributed by atoms with Gasteiger partial charge in [0.25, 0.3) is 0 Å². The highest BCUT2D eigenvalue weighted by atomic mass is 79.9. The first-order chi connectivity index (χ1) is 11.8. The smallest absolute Gasteiger partial charge is 0.414 e. The molecule has 0 atom stereocenters. The molecule has 0 saturated carbocycles. The van der Waals surface area contributed by atoms with Crippen LogP contribution in [-0.4, -0.2) is 79.4 Å². The van der Waals surface area contributed by atoms with Gasteiger partial charge in [-0.2, -0.15) is 0 Å². The molecule has 0 aliphatic carbocycles. The number of carboxylic acids is 2. The Morgan fingerprint density at radius 1 is 1.04 bits per heavy atom. The molecular formula is C16H23BrN2O6. The number of piperazine rings is 1. The highest BCUT2D eigenvalue weighted by Gasteiger charge is 2.17. The van der Waals surface area contributed by atoms with E-state index in [4.69, 9.17) is 29.3 Å². The number of ether oxygens (including phenoxy) is 2. The summed E-state index contributed by atoms with van der Waals surface area (Å²) in [4.78, 5) is 23.0. The molecule has 2 rings (SSSR count). The molecular weight excluding hydrogens is 396 g/mol.